The first kappa shape index (κ1) is 16.5. The molecule has 2 amide bonds. The fourth-order valence-electron chi connectivity index (χ4n) is 2.51. The molecular weight excluding hydrogens is 326 g/mol. The number of anilines is 2. The average Bonchev–Trinajstić information content (AvgIpc) is 3.16. The molecule has 1 aliphatic rings. The van der Waals surface area contributed by atoms with Crippen LogP contribution in [-0.4, -0.2) is 38.4 Å². The highest BCUT2D eigenvalue weighted by molar-refractivity contribution is 8.00. The lowest BCUT2D eigenvalue weighted by atomic mass is 10.2. The number of thioether (sulfide) groups is 1. The molecule has 0 radical (unpaired) electrons. The van der Waals surface area contributed by atoms with Crippen LogP contribution >= 0.6 is 11.8 Å². The van der Waals surface area contributed by atoms with Crippen LogP contribution in [-0.2, 0) is 16.6 Å². The molecule has 1 aliphatic heterocycles. The van der Waals surface area contributed by atoms with Gasteiger partial charge in [-0.05, 0) is 31.5 Å². The van der Waals surface area contributed by atoms with Crippen molar-refractivity contribution in [2.24, 2.45) is 7.05 Å². The Bertz CT molecular complexity index is 760. The summed E-state index contributed by atoms with van der Waals surface area (Å²) in [6, 6.07) is 7.39. The number of rotatable bonds is 5. The maximum atomic E-state index is 12.4. The molecular formula is C16H19N5O2S. The maximum absolute atomic E-state index is 12.4. The Morgan fingerprint density at radius 2 is 2.25 bits per heavy atom. The second-order valence-corrected chi connectivity index (χ2v) is 6.98. The van der Waals surface area contributed by atoms with Crippen LogP contribution in [0.1, 0.15) is 19.8 Å². The summed E-state index contributed by atoms with van der Waals surface area (Å²) in [6.45, 7) is 2.55. The zero-order chi connectivity index (χ0) is 17.1. The van der Waals surface area contributed by atoms with E-state index in [0.717, 1.165) is 18.7 Å². The molecule has 1 unspecified atom stereocenters. The predicted molar refractivity (Wildman–Crippen MR) is 93.0 cm³/mol. The lowest BCUT2D eigenvalue weighted by Gasteiger charge is -2.17. The van der Waals surface area contributed by atoms with Gasteiger partial charge < -0.3 is 14.8 Å². The van der Waals surface area contributed by atoms with Gasteiger partial charge in [0.1, 0.15) is 6.33 Å². The van der Waals surface area contributed by atoms with Crippen LogP contribution in [0.25, 0.3) is 0 Å². The number of aryl methyl sites for hydroxylation is 1. The van der Waals surface area contributed by atoms with Crippen molar-refractivity contribution in [3.05, 3.63) is 30.6 Å². The number of aromatic nitrogens is 3. The zero-order valence-corrected chi connectivity index (χ0v) is 14.4. The summed E-state index contributed by atoms with van der Waals surface area (Å²) in [6.07, 6.45) is 3.06. The number of hydrogen-bond acceptors (Lipinski definition) is 5. The van der Waals surface area contributed by atoms with E-state index in [1.807, 2.05) is 38.2 Å². The van der Waals surface area contributed by atoms with Gasteiger partial charge in [-0.25, -0.2) is 0 Å². The average molecular weight is 345 g/mol. The van der Waals surface area contributed by atoms with Crippen molar-refractivity contribution < 1.29 is 9.59 Å². The molecule has 0 saturated carbocycles. The molecule has 1 saturated heterocycles. The Labute approximate surface area is 144 Å². The number of nitrogens with one attached hydrogen (secondary N) is 1. The minimum Gasteiger partial charge on any atom is -0.325 e. The summed E-state index contributed by atoms with van der Waals surface area (Å²) in [7, 11) is 1.84. The van der Waals surface area contributed by atoms with Crippen molar-refractivity contribution in [1.29, 1.82) is 0 Å². The monoisotopic (exact) mass is 345 g/mol. The minimum absolute atomic E-state index is 0.118. The van der Waals surface area contributed by atoms with E-state index in [9.17, 15) is 9.59 Å². The van der Waals surface area contributed by atoms with Crippen LogP contribution in [0.4, 0.5) is 11.4 Å². The third kappa shape index (κ3) is 3.59. The first-order valence-electron chi connectivity index (χ1n) is 7.76. The van der Waals surface area contributed by atoms with Gasteiger partial charge in [-0.1, -0.05) is 17.8 Å². The first-order valence-corrected chi connectivity index (χ1v) is 8.64. The second kappa shape index (κ2) is 7.04. The van der Waals surface area contributed by atoms with E-state index in [0.29, 0.717) is 17.3 Å². The molecule has 2 heterocycles. The number of nitrogens with zero attached hydrogens (tertiary/aromatic N) is 4. The van der Waals surface area contributed by atoms with Crippen molar-refractivity contribution in [1.82, 2.24) is 14.8 Å². The van der Waals surface area contributed by atoms with E-state index in [1.165, 1.54) is 11.8 Å². The van der Waals surface area contributed by atoms with Gasteiger partial charge in [0, 0.05) is 31.4 Å². The van der Waals surface area contributed by atoms with Crippen molar-refractivity contribution in [2.45, 2.75) is 30.2 Å². The zero-order valence-electron chi connectivity index (χ0n) is 13.6. The summed E-state index contributed by atoms with van der Waals surface area (Å²) >= 11 is 1.35. The first-order chi connectivity index (χ1) is 11.5. The third-order valence-corrected chi connectivity index (χ3v) is 4.97. The van der Waals surface area contributed by atoms with Crippen LogP contribution < -0.4 is 10.2 Å². The highest BCUT2D eigenvalue weighted by Crippen LogP contribution is 2.25. The number of carbonyl (C=O) groups is 2. The second-order valence-electron chi connectivity index (χ2n) is 5.67. The Balaban J connectivity index is 1.66. The standard InChI is InChI=1S/C16H19N5O2S/c1-11(24-16-19-17-10-20(16)2)15(23)18-12-5-3-6-13(9-12)21-8-4-7-14(21)22/h3,5-6,9-11H,4,7-8H2,1-2H3,(H,18,23). The molecule has 126 valence electrons. The molecule has 1 fully saturated rings. The number of hydrogen-bond donors (Lipinski definition) is 1. The van der Waals surface area contributed by atoms with Gasteiger partial charge in [0.05, 0.1) is 5.25 Å². The predicted octanol–water partition coefficient (Wildman–Crippen LogP) is 2.06. The Hall–Kier alpha value is -2.35. The summed E-state index contributed by atoms with van der Waals surface area (Å²) in [5.41, 5.74) is 1.51. The molecule has 1 N–H and O–H groups in total. The van der Waals surface area contributed by atoms with Crippen LogP contribution in [0.3, 0.4) is 0 Å². The van der Waals surface area contributed by atoms with Crippen molar-refractivity contribution in [2.75, 3.05) is 16.8 Å². The van der Waals surface area contributed by atoms with Gasteiger partial charge in [0.2, 0.25) is 11.8 Å². The molecule has 0 aliphatic carbocycles. The van der Waals surface area contributed by atoms with Gasteiger partial charge in [0.25, 0.3) is 0 Å². The van der Waals surface area contributed by atoms with Crippen LogP contribution in [0.2, 0.25) is 0 Å². The van der Waals surface area contributed by atoms with Gasteiger partial charge >= 0.3 is 0 Å². The van der Waals surface area contributed by atoms with E-state index in [4.69, 9.17) is 0 Å². The largest absolute Gasteiger partial charge is 0.325 e. The number of carbonyl (C=O) groups excluding carboxylic acids is 2. The fourth-order valence-corrected chi connectivity index (χ4v) is 3.30. The van der Waals surface area contributed by atoms with E-state index in [2.05, 4.69) is 15.5 Å². The highest BCUT2D eigenvalue weighted by atomic mass is 32.2. The van der Waals surface area contributed by atoms with Crippen LogP contribution in [0, 0.1) is 0 Å². The molecule has 0 bridgehead atoms. The SMILES string of the molecule is CC(Sc1nncn1C)C(=O)Nc1cccc(N2CCCC2=O)c1. The topological polar surface area (TPSA) is 80.1 Å². The summed E-state index contributed by atoms with van der Waals surface area (Å²) < 4.78 is 1.77. The maximum Gasteiger partial charge on any atom is 0.237 e. The molecule has 1 aromatic heterocycles. The molecule has 1 aromatic carbocycles. The van der Waals surface area contributed by atoms with Gasteiger partial charge in [-0.2, -0.15) is 0 Å². The Morgan fingerprint density at radius 1 is 1.42 bits per heavy atom. The van der Waals surface area contributed by atoms with E-state index >= 15 is 0 Å². The fraction of sp³-hybridized carbons (Fsp3) is 0.375. The molecule has 3 rings (SSSR count). The molecule has 7 nitrogen and oxygen atoms in total. The van der Waals surface area contributed by atoms with Crippen molar-refractivity contribution in [3.8, 4) is 0 Å². The lowest BCUT2D eigenvalue weighted by Crippen LogP contribution is -2.25. The summed E-state index contributed by atoms with van der Waals surface area (Å²) in [5.74, 6) is 0.0116. The van der Waals surface area contributed by atoms with Crippen LogP contribution in [0.5, 0.6) is 0 Å². The van der Waals surface area contributed by atoms with Gasteiger partial charge in [-0.3, -0.25) is 9.59 Å². The van der Waals surface area contributed by atoms with Gasteiger partial charge in [0.15, 0.2) is 5.16 Å². The normalized spacial score (nSPS) is 15.6. The molecule has 1 atom stereocenters. The smallest absolute Gasteiger partial charge is 0.237 e. The molecule has 24 heavy (non-hydrogen) atoms. The van der Waals surface area contributed by atoms with E-state index in [1.54, 1.807) is 15.8 Å². The van der Waals surface area contributed by atoms with Crippen molar-refractivity contribution in [3.63, 3.8) is 0 Å². The molecule has 2 aromatic rings. The Kier molecular flexibility index (Phi) is 4.84. The van der Waals surface area contributed by atoms with Gasteiger partial charge in [-0.15, -0.1) is 10.2 Å². The summed E-state index contributed by atoms with van der Waals surface area (Å²) in [5, 5.41) is 11.0. The molecule has 0 spiro atoms. The quantitative estimate of drug-likeness (QED) is 0.839. The van der Waals surface area contributed by atoms with E-state index < -0.39 is 0 Å². The highest BCUT2D eigenvalue weighted by Gasteiger charge is 2.22. The van der Waals surface area contributed by atoms with Crippen LogP contribution in [0.15, 0.2) is 35.7 Å². The Morgan fingerprint density at radius 3 is 2.92 bits per heavy atom. The lowest BCUT2D eigenvalue weighted by molar-refractivity contribution is -0.117. The third-order valence-electron chi connectivity index (χ3n) is 3.82. The number of amides is 2. The summed E-state index contributed by atoms with van der Waals surface area (Å²) in [4.78, 5) is 26.0. The van der Waals surface area contributed by atoms with E-state index in [-0.39, 0.29) is 17.1 Å². The molecule has 8 heteroatoms. The number of benzene rings is 1. The minimum atomic E-state index is -0.315. The van der Waals surface area contributed by atoms with Crippen molar-refractivity contribution >= 4 is 35.0 Å².